The molecule has 2 rings (SSSR count). The molecule has 1 fully saturated rings. The average molecular weight is 315 g/mol. The molecule has 0 spiro atoms. The summed E-state index contributed by atoms with van der Waals surface area (Å²) in [5.41, 5.74) is 2.28. The van der Waals surface area contributed by atoms with Crippen LogP contribution in [0, 0.1) is 0 Å². The third-order valence-corrected chi connectivity index (χ3v) is 4.20. The van der Waals surface area contributed by atoms with Gasteiger partial charge in [-0.2, -0.15) is 5.10 Å². The largest absolute Gasteiger partial charge is 0.355 e. The van der Waals surface area contributed by atoms with Crippen molar-refractivity contribution in [1.82, 2.24) is 20.0 Å². The first-order valence-electron chi connectivity index (χ1n) is 6.31. The van der Waals surface area contributed by atoms with Crippen molar-refractivity contribution in [2.45, 2.75) is 26.3 Å². The fraction of sp³-hybridized carbons (Fsp3) is 0.667. The Bertz CT molecular complexity index is 444. The third kappa shape index (κ3) is 2.92. The van der Waals surface area contributed by atoms with Gasteiger partial charge in [-0.3, -0.25) is 14.4 Å². The minimum absolute atomic E-state index is 0.149. The number of nitrogens with one attached hydrogen (secondary N) is 1. The summed E-state index contributed by atoms with van der Waals surface area (Å²) in [7, 11) is 1.97. The van der Waals surface area contributed by atoms with Gasteiger partial charge in [0.25, 0.3) is 0 Å². The van der Waals surface area contributed by atoms with Crippen molar-refractivity contribution in [3.05, 3.63) is 15.9 Å². The van der Waals surface area contributed by atoms with E-state index in [1.807, 2.05) is 11.7 Å². The Hall–Kier alpha value is -0.880. The zero-order chi connectivity index (χ0) is 13.1. The van der Waals surface area contributed by atoms with Crippen molar-refractivity contribution in [3.63, 3.8) is 0 Å². The molecule has 1 N–H and O–H groups in total. The Morgan fingerprint density at radius 2 is 2.22 bits per heavy atom. The van der Waals surface area contributed by atoms with Gasteiger partial charge < -0.3 is 5.32 Å². The summed E-state index contributed by atoms with van der Waals surface area (Å²) in [5.74, 6) is 0.149. The van der Waals surface area contributed by atoms with E-state index < -0.39 is 0 Å². The molecule has 1 aromatic rings. The van der Waals surface area contributed by atoms with Gasteiger partial charge in [0.1, 0.15) is 0 Å². The topological polar surface area (TPSA) is 50.2 Å². The monoisotopic (exact) mass is 314 g/mol. The predicted octanol–water partition coefficient (Wildman–Crippen LogP) is 1.07. The number of carbonyl (C=O) groups is 1. The molecule has 1 aliphatic rings. The van der Waals surface area contributed by atoms with E-state index in [-0.39, 0.29) is 5.91 Å². The number of amides is 1. The predicted molar refractivity (Wildman–Crippen MR) is 73.2 cm³/mol. The summed E-state index contributed by atoms with van der Waals surface area (Å²) < 4.78 is 3.04. The molecule has 1 amide bonds. The van der Waals surface area contributed by atoms with Crippen molar-refractivity contribution in [2.24, 2.45) is 7.05 Å². The van der Waals surface area contributed by atoms with Gasteiger partial charge in [-0.1, -0.05) is 6.92 Å². The van der Waals surface area contributed by atoms with Crippen LogP contribution in [0.25, 0.3) is 0 Å². The van der Waals surface area contributed by atoms with E-state index in [4.69, 9.17) is 0 Å². The van der Waals surface area contributed by atoms with Crippen molar-refractivity contribution in [3.8, 4) is 0 Å². The number of aryl methyl sites for hydroxylation is 2. The number of hydrogen-bond acceptors (Lipinski definition) is 3. The first-order chi connectivity index (χ1) is 8.61. The van der Waals surface area contributed by atoms with Crippen molar-refractivity contribution >= 4 is 21.8 Å². The van der Waals surface area contributed by atoms with Gasteiger partial charge in [0, 0.05) is 39.6 Å². The molecule has 5 nitrogen and oxygen atoms in total. The third-order valence-electron chi connectivity index (χ3n) is 3.28. The Balaban J connectivity index is 2.09. The van der Waals surface area contributed by atoms with Gasteiger partial charge in [-0.05, 0) is 22.4 Å². The number of aromatic nitrogens is 2. The van der Waals surface area contributed by atoms with E-state index in [0.717, 1.165) is 42.8 Å². The second-order valence-corrected chi connectivity index (χ2v) is 5.35. The van der Waals surface area contributed by atoms with Crippen LogP contribution in [-0.4, -0.2) is 40.2 Å². The van der Waals surface area contributed by atoms with E-state index in [1.54, 1.807) is 0 Å². The summed E-state index contributed by atoms with van der Waals surface area (Å²) in [6.07, 6.45) is 1.50. The molecular weight excluding hydrogens is 296 g/mol. The Morgan fingerprint density at radius 1 is 1.44 bits per heavy atom. The summed E-state index contributed by atoms with van der Waals surface area (Å²) in [4.78, 5) is 13.6. The summed E-state index contributed by atoms with van der Waals surface area (Å²) in [6.45, 7) is 5.37. The second kappa shape index (κ2) is 5.84. The quantitative estimate of drug-likeness (QED) is 0.908. The fourth-order valence-corrected chi connectivity index (χ4v) is 2.92. The Labute approximate surface area is 116 Å². The van der Waals surface area contributed by atoms with Crippen molar-refractivity contribution in [1.29, 1.82) is 0 Å². The van der Waals surface area contributed by atoms with Crippen LogP contribution in [0.5, 0.6) is 0 Å². The van der Waals surface area contributed by atoms with Gasteiger partial charge in [0.15, 0.2) is 0 Å². The number of halogens is 1. The maximum absolute atomic E-state index is 11.3. The van der Waals surface area contributed by atoms with Crippen molar-refractivity contribution < 1.29 is 4.79 Å². The van der Waals surface area contributed by atoms with Gasteiger partial charge in [0.05, 0.1) is 15.9 Å². The highest BCUT2D eigenvalue weighted by Gasteiger charge is 2.18. The zero-order valence-electron chi connectivity index (χ0n) is 10.9. The maximum Gasteiger partial charge on any atom is 0.221 e. The SMILES string of the molecule is CCc1nn(C)c(CN2CCNC(=O)CC2)c1Br. The number of nitrogens with zero attached hydrogens (tertiary/aromatic N) is 3. The zero-order valence-corrected chi connectivity index (χ0v) is 12.5. The van der Waals surface area contributed by atoms with Crippen LogP contribution in [-0.2, 0) is 24.8 Å². The van der Waals surface area contributed by atoms with Crippen LogP contribution in [0.15, 0.2) is 4.47 Å². The molecule has 1 saturated heterocycles. The maximum atomic E-state index is 11.3. The van der Waals surface area contributed by atoms with E-state index >= 15 is 0 Å². The van der Waals surface area contributed by atoms with Crippen LogP contribution in [0.4, 0.5) is 0 Å². The number of hydrogen-bond donors (Lipinski definition) is 1. The number of carbonyl (C=O) groups excluding carboxylic acids is 1. The van der Waals surface area contributed by atoms with Crippen LogP contribution >= 0.6 is 15.9 Å². The highest BCUT2D eigenvalue weighted by molar-refractivity contribution is 9.10. The Kier molecular flexibility index (Phi) is 4.40. The van der Waals surface area contributed by atoms with Crippen LogP contribution in [0.1, 0.15) is 24.7 Å². The lowest BCUT2D eigenvalue weighted by Crippen LogP contribution is -2.29. The standard InChI is InChI=1S/C12H19BrN4O/c1-3-9-12(13)10(16(2)15-9)8-17-6-4-11(18)14-5-7-17/h3-8H2,1-2H3,(H,14,18). The van der Waals surface area contributed by atoms with E-state index in [0.29, 0.717) is 6.42 Å². The van der Waals surface area contributed by atoms with Crippen molar-refractivity contribution in [2.75, 3.05) is 19.6 Å². The van der Waals surface area contributed by atoms with Gasteiger partial charge in [-0.25, -0.2) is 0 Å². The lowest BCUT2D eigenvalue weighted by Gasteiger charge is -2.19. The first kappa shape index (κ1) is 13.5. The van der Waals surface area contributed by atoms with E-state index in [9.17, 15) is 4.79 Å². The Morgan fingerprint density at radius 3 is 2.89 bits per heavy atom. The molecule has 6 heteroatoms. The molecular formula is C12H19BrN4O. The number of rotatable bonds is 3. The lowest BCUT2D eigenvalue weighted by molar-refractivity contribution is -0.120. The summed E-state index contributed by atoms with van der Waals surface area (Å²) in [6, 6.07) is 0. The minimum Gasteiger partial charge on any atom is -0.355 e. The minimum atomic E-state index is 0.149. The molecule has 0 saturated carbocycles. The highest BCUT2D eigenvalue weighted by atomic mass is 79.9. The molecule has 0 aliphatic carbocycles. The fourth-order valence-electron chi connectivity index (χ4n) is 2.17. The van der Waals surface area contributed by atoms with Crippen LogP contribution in [0.2, 0.25) is 0 Å². The molecule has 0 unspecified atom stereocenters. The lowest BCUT2D eigenvalue weighted by atomic mass is 10.3. The summed E-state index contributed by atoms with van der Waals surface area (Å²) >= 11 is 3.63. The molecule has 18 heavy (non-hydrogen) atoms. The van der Waals surface area contributed by atoms with E-state index in [1.165, 1.54) is 5.69 Å². The molecule has 1 aliphatic heterocycles. The highest BCUT2D eigenvalue weighted by Crippen LogP contribution is 2.23. The van der Waals surface area contributed by atoms with Crippen LogP contribution < -0.4 is 5.32 Å². The molecule has 0 aromatic carbocycles. The second-order valence-electron chi connectivity index (χ2n) is 4.56. The van der Waals surface area contributed by atoms with Gasteiger partial charge in [-0.15, -0.1) is 0 Å². The summed E-state index contributed by atoms with van der Waals surface area (Å²) in [5, 5.41) is 7.38. The average Bonchev–Trinajstić information content (AvgIpc) is 2.53. The van der Waals surface area contributed by atoms with E-state index in [2.05, 4.69) is 38.2 Å². The normalized spacial score (nSPS) is 17.6. The van der Waals surface area contributed by atoms with Crippen LogP contribution in [0.3, 0.4) is 0 Å². The van der Waals surface area contributed by atoms with Gasteiger partial charge >= 0.3 is 0 Å². The molecule has 2 heterocycles. The molecule has 0 radical (unpaired) electrons. The molecule has 100 valence electrons. The smallest absolute Gasteiger partial charge is 0.221 e. The molecule has 0 bridgehead atoms. The molecule has 1 aromatic heterocycles. The first-order valence-corrected chi connectivity index (χ1v) is 7.10. The molecule has 0 atom stereocenters. The van der Waals surface area contributed by atoms with Gasteiger partial charge in [0.2, 0.25) is 5.91 Å².